The van der Waals surface area contributed by atoms with Crippen LogP contribution in [0.3, 0.4) is 0 Å². The van der Waals surface area contributed by atoms with Crippen LogP contribution in [0, 0.1) is 5.41 Å². The van der Waals surface area contributed by atoms with E-state index >= 15 is 4.79 Å². The first-order chi connectivity index (χ1) is 23.6. The van der Waals surface area contributed by atoms with Crippen molar-refractivity contribution in [2.45, 2.75) is 32.9 Å². The van der Waals surface area contributed by atoms with Crippen LogP contribution in [0.5, 0.6) is 11.5 Å². The summed E-state index contributed by atoms with van der Waals surface area (Å²) < 4.78 is 11.8. The Bertz CT molecular complexity index is 2170. The van der Waals surface area contributed by atoms with E-state index in [1.807, 2.05) is 72.8 Å². The first-order valence-corrected chi connectivity index (χ1v) is 16.1. The maximum atomic E-state index is 15.1. The highest BCUT2D eigenvalue weighted by molar-refractivity contribution is 6.26. The fraction of sp³-hybridized carbons (Fsp3) is 0.195. The Kier molecular flexibility index (Phi) is 7.84. The van der Waals surface area contributed by atoms with Gasteiger partial charge in [-0.2, -0.15) is 0 Å². The molecule has 49 heavy (non-hydrogen) atoms. The SMILES string of the molecule is COc1ccc2ccccc2c1C(c1c(OC)ccc2ccccc12)N(O)C(=O)[C@@H](N1C(=O)c2cccc3cccc(c23)C1=O)C(C)(C)C. The molecule has 1 atom stereocenters. The number of amides is 3. The summed E-state index contributed by atoms with van der Waals surface area (Å²) in [5, 5.41) is 17.7. The van der Waals surface area contributed by atoms with Gasteiger partial charge in [-0.3, -0.25) is 24.5 Å². The molecule has 8 heteroatoms. The number of ether oxygens (including phenoxy) is 2. The molecule has 8 nitrogen and oxygen atoms in total. The summed E-state index contributed by atoms with van der Waals surface area (Å²) >= 11 is 0. The Balaban J connectivity index is 1.48. The molecule has 0 unspecified atom stereocenters. The number of carbonyl (C=O) groups excluding carboxylic acids is 3. The number of fused-ring (bicyclic) bond motifs is 2. The molecule has 6 aromatic rings. The summed E-state index contributed by atoms with van der Waals surface area (Å²) in [6.07, 6.45) is 0. The van der Waals surface area contributed by atoms with E-state index < -0.39 is 35.2 Å². The second-order valence-electron chi connectivity index (χ2n) is 13.3. The van der Waals surface area contributed by atoms with Gasteiger partial charge in [-0.1, -0.05) is 106 Å². The summed E-state index contributed by atoms with van der Waals surface area (Å²) in [4.78, 5) is 44.8. The number of hydrogen-bond donors (Lipinski definition) is 1. The van der Waals surface area contributed by atoms with Crippen LogP contribution in [0.4, 0.5) is 0 Å². The van der Waals surface area contributed by atoms with E-state index in [2.05, 4.69) is 0 Å². The highest BCUT2D eigenvalue weighted by atomic mass is 16.5. The smallest absolute Gasteiger partial charge is 0.270 e. The van der Waals surface area contributed by atoms with Crippen molar-refractivity contribution in [1.29, 1.82) is 0 Å². The molecule has 0 radical (unpaired) electrons. The van der Waals surface area contributed by atoms with E-state index in [-0.39, 0.29) is 0 Å². The van der Waals surface area contributed by atoms with Crippen LogP contribution in [0.15, 0.2) is 109 Å². The third-order valence-electron chi connectivity index (χ3n) is 9.43. The second kappa shape index (κ2) is 12.1. The molecule has 3 amide bonds. The standard InChI is InChI=1S/C41H36N2O6/c1-41(2,3)37(42-38(44)29-18-10-14-26-15-11-19-30(33(26)29)39(42)45)40(46)43(47)36(34-27-16-8-6-12-24(27)20-22-31(34)48-4)35-28-17-9-7-13-25(28)21-23-32(35)49-5/h6-23,36-37,47H,1-5H3/t37-/m1/s1. The van der Waals surface area contributed by atoms with Crippen molar-refractivity contribution in [2.75, 3.05) is 14.2 Å². The van der Waals surface area contributed by atoms with Crippen LogP contribution >= 0.6 is 0 Å². The number of hydrogen-bond acceptors (Lipinski definition) is 6. The van der Waals surface area contributed by atoms with Crippen molar-refractivity contribution >= 4 is 50.0 Å². The molecule has 1 aliphatic heterocycles. The zero-order valence-corrected chi connectivity index (χ0v) is 27.9. The van der Waals surface area contributed by atoms with Gasteiger partial charge < -0.3 is 9.47 Å². The number of benzene rings is 6. The Morgan fingerprint density at radius 1 is 0.653 bits per heavy atom. The average molecular weight is 653 g/mol. The van der Waals surface area contributed by atoms with Crippen molar-refractivity contribution in [3.63, 3.8) is 0 Å². The summed E-state index contributed by atoms with van der Waals surface area (Å²) in [5.74, 6) is -1.17. The third kappa shape index (κ3) is 5.07. The van der Waals surface area contributed by atoms with Gasteiger partial charge in [-0.05, 0) is 56.6 Å². The Hall–Kier alpha value is -5.73. The normalized spacial score (nSPS) is 13.7. The fourth-order valence-electron chi connectivity index (χ4n) is 7.26. The number of nitrogens with zero attached hydrogens (tertiary/aromatic N) is 2. The quantitative estimate of drug-likeness (QED) is 0.106. The highest BCUT2D eigenvalue weighted by Crippen LogP contribution is 2.46. The topological polar surface area (TPSA) is 96.4 Å². The lowest BCUT2D eigenvalue weighted by molar-refractivity contribution is -0.181. The monoisotopic (exact) mass is 652 g/mol. The number of carbonyl (C=O) groups is 3. The number of imide groups is 1. The predicted molar refractivity (Wildman–Crippen MR) is 189 cm³/mol. The minimum atomic E-state index is -1.40. The van der Waals surface area contributed by atoms with E-state index in [9.17, 15) is 14.8 Å². The van der Waals surface area contributed by atoms with Crippen molar-refractivity contribution in [1.82, 2.24) is 9.96 Å². The average Bonchev–Trinajstić information content (AvgIpc) is 3.11. The van der Waals surface area contributed by atoms with Gasteiger partial charge >= 0.3 is 0 Å². The molecule has 246 valence electrons. The van der Waals surface area contributed by atoms with Crippen molar-refractivity contribution in [3.05, 3.63) is 131 Å². The number of hydroxylamine groups is 2. The Labute approximate surface area is 284 Å². The van der Waals surface area contributed by atoms with Gasteiger partial charge in [0.05, 0.1) is 14.2 Å². The first-order valence-electron chi connectivity index (χ1n) is 16.1. The molecule has 0 aliphatic carbocycles. The van der Waals surface area contributed by atoms with E-state index in [0.29, 0.717) is 44.2 Å². The molecule has 0 fully saturated rings. The molecule has 6 aromatic carbocycles. The third-order valence-corrected chi connectivity index (χ3v) is 9.43. The summed E-state index contributed by atoms with van der Waals surface area (Å²) in [6.45, 7) is 5.32. The first kappa shape index (κ1) is 31.8. The summed E-state index contributed by atoms with van der Waals surface area (Å²) in [5.41, 5.74) is 0.680. The Morgan fingerprint density at radius 2 is 1.10 bits per heavy atom. The molecule has 0 aromatic heterocycles. The molecular weight excluding hydrogens is 616 g/mol. The Morgan fingerprint density at radius 3 is 1.55 bits per heavy atom. The van der Waals surface area contributed by atoms with Crippen molar-refractivity contribution < 1.29 is 29.1 Å². The molecule has 0 spiro atoms. The van der Waals surface area contributed by atoms with E-state index in [1.165, 1.54) is 14.2 Å². The van der Waals surface area contributed by atoms with E-state index in [0.717, 1.165) is 31.8 Å². The van der Waals surface area contributed by atoms with Gasteiger partial charge in [-0.15, -0.1) is 0 Å². The highest BCUT2D eigenvalue weighted by Gasteiger charge is 2.49. The van der Waals surface area contributed by atoms with Crippen LogP contribution in [0.25, 0.3) is 32.3 Å². The summed E-state index contributed by atoms with van der Waals surface area (Å²) in [7, 11) is 3.07. The van der Waals surface area contributed by atoms with Crippen molar-refractivity contribution in [2.24, 2.45) is 5.41 Å². The van der Waals surface area contributed by atoms with Crippen LogP contribution in [-0.2, 0) is 4.79 Å². The van der Waals surface area contributed by atoms with Crippen LogP contribution in [-0.4, -0.2) is 53.2 Å². The van der Waals surface area contributed by atoms with E-state index in [4.69, 9.17) is 9.47 Å². The predicted octanol–water partition coefficient (Wildman–Crippen LogP) is 8.18. The van der Waals surface area contributed by atoms with Crippen LogP contribution < -0.4 is 9.47 Å². The number of rotatable bonds is 7. The molecule has 1 heterocycles. The minimum absolute atomic E-state index is 0.322. The molecule has 0 bridgehead atoms. The van der Waals surface area contributed by atoms with Gasteiger partial charge in [0.1, 0.15) is 23.6 Å². The van der Waals surface area contributed by atoms with Crippen molar-refractivity contribution in [3.8, 4) is 11.5 Å². The summed E-state index contributed by atoms with van der Waals surface area (Å²) in [6, 6.07) is 30.7. The second-order valence-corrected chi connectivity index (χ2v) is 13.3. The molecule has 0 saturated carbocycles. The lowest BCUT2D eigenvalue weighted by Crippen LogP contribution is -2.59. The fourth-order valence-corrected chi connectivity index (χ4v) is 7.26. The van der Waals surface area contributed by atoms with Gasteiger partial charge in [-0.25, -0.2) is 5.06 Å². The molecule has 7 rings (SSSR count). The van der Waals surface area contributed by atoms with Crippen LogP contribution in [0.2, 0.25) is 0 Å². The zero-order valence-electron chi connectivity index (χ0n) is 27.9. The van der Waals surface area contributed by atoms with Gasteiger partial charge in [0, 0.05) is 27.6 Å². The maximum Gasteiger partial charge on any atom is 0.270 e. The van der Waals surface area contributed by atoms with Gasteiger partial charge in [0.25, 0.3) is 17.7 Å². The molecule has 1 N–H and O–H groups in total. The lowest BCUT2D eigenvalue weighted by Gasteiger charge is -2.42. The van der Waals surface area contributed by atoms with Crippen LogP contribution in [0.1, 0.15) is 58.7 Å². The van der Waals surface area contributed by atoms with E-state index in [1.54, 1.807) is 57.2 Å². The molecule has 0 saturated heterocycles. The number of methoxy groups -OCH3 is 2. The van der Waals surface area contributed by atoms with Gasteiger partial charge in [0.15, 0.2) is 0 Å². The maximum absolute atomic E-state index is 15.1. The zero-order chi connectivity index (χ0) is 34.6. The molecule has 1 aliphatic rings. The lowest BCUT2D eigenvalue weighted by atomic mass is 9.81. The van der Waals surface area contributed by atoms with Gasteiger partial charge in [0.2, 0.25) is 0 Å². The molecular formula is C41H36N2O6. The largest absolute Gasteiger partial charge is 0.496 e. The minimum Gasteiger partial charge on any atom is -0.496 e.